The van der Waals surface area contributed by atoms with Crippen LogP contribution in [0.2, 0.25) is 0 Å². The van der Waals surface area contributed by atoms with Gasteiger partial charge >= 0.3 is 0 Å². The smallest absolute Gasteiger partial charge is 0.0645 e. The molecule has 7 heteroatoms. The summed E-state index contributed by atoms with van der Waals surface area (Å²) < 4.78 is 153. The summed E-state index contributed by atoms with van der Waals surface area (Å²) in [6.07, 6.45) is 0. The molecule has 0 saturated carbocycles. The Balaban J connectivity index is 0.000000124. The first-order valence-corrected chi connectivity index (χ1v) is 41.8. The zero-order chi connectivity index (χ0) is 102. The summed E-state index contributed by atoms with van der Waals surface area (Å²) in [6.45, 7) is 25.1. The first-order valence-electron chi connectivity index (χ1n) is 51.5. The van der Waals surface area contributed by atoms with Gasteiger partial charge in [0.15, 0.2) is 0 Å². The second-order valence-corrected chi connectivity index (χ2v) is 37.2. The summed E-state index contributed by atoms with van der Waals surface area (Å²) in [4.78, 5) is 0. The number of para-hydroxylation sites is 2. The lowest BCUT2D eigenvalue weighted by Gasteiger charge is -2.19. The molecule has 7 aromatic heterocycles. The second kappa shape index (κ2) is 32.6. The average molecular weight is 1620 g/mol. The van der Waals surface area contributed by atoms with Crippen LogP contribution < -0.4 is 0 Å². The average Bonchev–Trinajstić information content (AvgIpc) is 1.59. The molecular weight excluding hydrogens is 1480 g/mol. The lowest BCUT2D eigenvalue weighted by molar-refractivity contribution is 0.590. The van der Waals surface area contributed by atoms with Crippen LogP contribution in [0, 0.1) is 55.1 Å². The third-order valence-electron chi connectivity index (χ3n) is 24.3. The molecule has 0 aliphatic heterocycles. The van der Waals surface area contributed by atoms with Crippen molar-refractivity contribution in [3.8, 4) is 0 Å². The molecule has 7 heterocycles. The van der Waals surface area contributed by atoms with Gasteiger partial charge in [-0.1, -0.05) is 237 Å². The van der Waals surface area contributed by atoms with Crippen LogP contribution in [0.15, 0.2) is 267 Å². The van der Waals surface area contributed by atoms with E-state index in [0.717, 1.165) is 87.8 Å². The van der Waals surface area contributed by atoms with Crippen molar-refractivity contribution in [3.63, 3.8) is 0 Å². The van der Waals surface area contributed by atoms with E-state index in [-0.39, 0.29) is 57.0 Å². The predicted molar refractivity (Wildman–Crippen MR) is 536 cm³/mol. The van der Waals surface area contributed by atoms with Crippen molar-refractivity contribution in [1.29, 1.82) is 0 Å². The van der Waals surface area contributed by atoms with Gasteiger partial charge in [0.1, 0.15) is 0 Å². The van der Waals surface area contributed by atoms with Crippen LogP contribution in [-0.4, -0.2) is 32.0 Å². The minimum atomic E-state index is -2.18. The molecule has 620 valence electrons. The third-order valence-corrected chi connectivity index (χ3v) is 24.3. The summed E-state index contributed by atoms with van der Waals surface area (Å²) >= 11 is 0. The number of rotatable bonds is 0. The number of hydrogen-bond acceptors (Lipinski definition) is 0. The highest BCUT2D eigenvalue weighted by Crippen LogP contribution is 2.40. The molecule has 0 spiro atoms. The van der Waals surface area contributed by atoms with Gasteiger partial charge in [0.05, 0.1) is 8.22 Å². The molecule has 21 aromatic rings. The Kier molecular flexibility index (Phi) is 17.2. The van der Waals surface area contributed by atoms with Gasteiger partial charge in [0.25, 0.3) is 0 Å². The standard InChI is InChI=1S/2C21H27N.4C15H15N.C13H11N/c2*1-20(2,3)14-8-10-18-16(12-14)17-13-15(21(4,5)6)9-11-19(17)22(18)7;4*1-10-4-6-14-12(8-10)13-9-11(2)5-7-15(13)16(14)3;1-14-12-8-4-2-6-10(12)11-7-3-5-9-13(11)14/h2*8-13H,1-7H3;4*4-9H,1-3H3;2-9H,1H3/i8D,9D;;1D3,2D3;1D2,2D2;1D,2D;;2D,4D,6D,8D. The van der Waals surface area contributed by atoms with Crippen LogP contribution in [-0.2, 0) is 71.0 Å². The quantitative estimate of drug-likeness (QED) is 0.145. The van der Waals surface area contributed by atoms with E-state index in [9.17, 15) is 0 Å². The molecule has 0 atom stereocenters. The number of hydrogen-bond donors (Lipinski definition) is 0. The van der Waals surface area contributed by atoms with E-state index in [0.29, 0.717) is 47.9 Å². The molecule has 0 radical (unpaired) electrons. The van der Waals surface area contributed by atoms with Crippen LogP contribution >= 0.6 is 0 Å². The Labute approximate surface area is 748 Å². The maximum absolute atomic E-state index is 8.41. The van der Waals surface area contributed by atoms with Crippen molar-refractivity contribution < 1.29 is 24.7 Å². The van der Waals surface area contributed by atoms with Gasteiger partial charge in [-0.3, -0.25) is 0 Å². The minimum absolute atomic E-state index is 0.0182. The number of benzene rings is 14. The van der Waals surface area contributed by atoms with Gasteiger partial charge in [-0.2, -0.15) is 0 Å². The molecule has 21 rings (SSSR count). The molecule has 0 bridgehead atoms. The molecular formula is C115H125N7. The van der Waals surface area contributed by atoms with Crippen LogP contribution in [0.4, 0.5) is 0 Å². The molecule has 7 nitrogen and oxygen atoms in total. The van der Waals surface area contributed by atoms with E-state index >= 15 is 0 Å². The van der Waals surface area contributed by atoms with Gasteiger partial charge in [-0.15, -0.1) is 0 Å². The zero-order valence-electron chi connectivity index (χ0n) is 92.6. The SMILES string of the molecule is Cc1ccc2c(c1)c1cc(C)ccc1n2C.Cn1c2ccc(C(C)(C)C)cc2c2cc(C(C)(C)C)ccc21.[2H]C([2H])([2H])c1ccc2c(c1)c1cc(C([2H])([2H])[2H])ccc1n2C.[2H]C([2H])c1ccc2c(c1)c1cc(C([2H])[2H])ccc1n2C.[2H]Cc1ccc2c(c1)c1cc(C[2H])ccc1n2C.[2H]c1c([2H])c([2H])c2c(c1[2H])c1ccccc1n2C.[2H]c1cc2c(cc1C(C)(C)C)c1cc(C(C)(C)C)c([2H])cc1n2C. The van der Waals surface area contributed by atoms with Crippen LogP contribution in [0.25, 0.3) is 153 Å². The Morgan fingerprint density at radius 3 is 0.762 bits per heavy atom. The van der Waals surface area contributed by atoms with Gasteiger partial charge < -0.3 is 32.0 Å². The first-order chi connectivity index (χ1) is 65.5. The number of fused-ring (bicyclic) bond motifs is 21. The van der Waals surface area contributed by atoms with Crippen LogP contribution in [0.5, 0.6) is 0 Å². The molecule has 122 heavy (non-hydrogen) atoms. The maximum Gasteiger partial charge on any atom is 0.0645 e. The Morgan fingerprint density at radius 2 is 0.443 bits per heavy atom. The highest BCUT2D eigenvalue weighted by Gasteiger charge is 2.23. The highest BCUT2D eigenvalue weighted by molar-refractivity contribution is 6.14. The van der Waals surface area contributed by atoms with Crippen molar-refractivity contribution in [2.75, 3.05) is 0 Å². The number of aryl methyl sites for hydroxylation is 15. The molecule has 0 N–H and O–H groups in total. The Bertz CT molecular complexity index is 7870. The van der Waals surface area contributed by atoms with Gasteiger partial charge in [0.2, 0.25) is 0 Å². The lowest BCUT2D eigenvalue weighted by Crippen LogP contribution is -2.10. The number of nitrogens with zero attached hydrogens (tertiary/aromatic N) is 7. The van der Waals surface area contributed by atoms with Crippen molar-refractivity contribution in [2.45, 2.75) is 160 Å². The molecule has 0 aliphatic carbocycles. The fourth-order valence-electron chi connectivity index (χ4n) is 17.2. The van der Waals surface area contributed by atoms with E-state index in [1.807, 2.05) is 122 Å². The van der Waals surface area contributed by atoms with E-state index in [4.69, 9.17) is 24.7 Å². The molecule has 0 amide bonds. The van der Waals surface area contributed by atoms with Gasteiger partial charge in [-0.25, -0.2) is 0 Å². The van der Waals surface area contributed by atoms with E-state index in [1.165, 1.54) is 98.4 Å². The second-order valence-electron chi connectivity index (χ2n) is 37.2. The topological polar surface area (TPSA) is 34.5 Å². The summed E-state index contributed by atoms with van der Waals surface area (Å²) in [5, 5.41) is 15.1. The Morgan fingerprint density at radius 1 is 0.205 bits per heavy atom. The van der Waals surface area contributed by atoms with Crippen molar-refractivity contribution in [2.24, 2.45) is 49.3 Å². The van der Waals surface area contributed by atoms with Gasteiger partial charge in [-0.05, 0) is 257 Å². The lowest BCUT2D eigenvalue weighted by atomic mass is 9.85. The first kappa shape index (κ1) is 64.5. The van der Waals surface area contributed by atoms with E-state index in [1.54, 1.807) is 36.4 Å². The summed E-state index contributed by atoms with van der Waals surface area (Å²) in [6, 6.07) is 77.5. The molecule has 0 aliphatic rings. The third kappa shape index (κ3) is 16.4. The van der Waals surface area contributed by atoms with Crippen molar-refractivity contribution in [1.82, 2.24) is 32.0 Å². The predicted octanol–water partition coefficient (Wildman–Crippen LogP) is 31.0. The minimum Gasteiger partial charge on any atom is -0.344 e. The fraction of sp³-hybridized carbons (Fsp3) is 0.270. The number of aromatic nitrogens is 7. The Hall–Kier alpha value is -12.3. The summed E-state index contributed by atoms with van der Waals surface area (Å²) in [5.41, 5.74) is 26.7. The van der Waals surface area contributed by atoms with Crippen LogP contribution in [0.1, 0.15) is 175 Å². The summed E-state index contributed by atoms with van der Waals surface area (Å²) in [5.74, 6) is 0. The van der Waals surface area contributed by atoms with Crippen molar-refractivity contribution in [3.05, 3.63) is 334 Å². The molecule has 14 aromatic carbocycles. The van der Waals surface area contributed by atoms with Gasteiger partial charge in [0, 0.05) is 218 Å². The molecule has 0 saturated heterocycles. The van der Waals surface area contributed by atoms with Crippen LogP contribution in [0.3, 0.4) is 0 Å². The van der Waals surface area contributed by atoms with Crippen molar-refractivity contribution >= 4 is 153 Å². The summed E-state index contributed by atoms with van der Waals surface area (Å²) in [7, 11) is 14.1. The monoisotopic (exact) mass is 1620 g/mol. The maximum atomic E-state index is 8.41. The molecule has 0 unspecified atom stereocenters. The zero-order valence-corrected chi connectivity index (χ0v) is 74.6. The normalized spacial score (nSPS) is 14.4. The molecule has 0 fully saturated rings. The van der Waals surface area contributed by atoms with E-state index in [2.05, 4.69) is 250 Å². The largest absolute Gasteiger partial charge is 0.344 e. The fourth-order valence-corrected chi connectivity index (χ4v) is 17.2. The van der Waals surface area contributed by atoms with E-state index < -0.39 is 27.5 Å². The highest BCUT2D eigenvalue weighted by atomic mass is 15.0.